The number of hydrogen-bond acceptors (Lipinski definition) is 4. The average Bonchev–Trinajstić information content (AvgIpc) is 2.12. The Hall–Kier alpha value is -1.41. The Morgan fingerprint density at radius 2 is 0.647 bits per heavy atom. The molecule has 0 saturated carbocycles. The van der Waals surface area contributed by atoms with Crippen LogP contribution in [-0.2, 0) is 40.9 Å². The normalized spacial score (nSPS) is 8.00. The minimum absolute atomic E-state index is 0. The van der Waals surface area contributed by atoms with E-state index in [1.165, 1.54) is 0 Å². The van der Waals surface area contributed by atoms with Crippen LogP contribution in [0, 0.1) is 0 Å². The van der Waals surface area contributed by atoms with Gasteiger partial charge in [-0.15, -0.1) is 0 Å². The van der Waals surface area contributed by atoms with Crippen LogP contribution in [0.2, 0.25) is 0 Å². The van der Waals surface area contributed by atoms with Crippen molar-refractivity contribution in [3.8, 4) is 0 Å². The number of aliphatic carboxylic acids is 4. The maximum absolute atomic E-state index is 9.64. The predicted molar refractivity (Wildman–Crippen MR) is 49.0 cm³/mol. The molecule has 0 spiro atoms. The first-order valence-electron chi connectivity index (χ1n) is 4.13. The van der Waals surface area contributed by atoms with Crippen LogP contribution >= 0.6 is 0 Å². The van der Waals surface area contributed by atoms with E-state index in [1.54, 1.807) is 0 Å². The number of carboxylic acid groups (broad SMARTS) is 4. The van der Waals surface area contributed by atoms with Gasteiger partial charge in [-0.2, -0.15) is 0 Å². The van der Waals surface area contributed by atoms with E-state index < -0.39 is 23.9 Å². The van der Waals surface area contributed by atoms with Gasteiger partial charge in [0, 0.05) is 21.7 Å². The summed E-state index contributed by atoms with van der Waals surface area (Å²) in [5.41, 5.74) is 0. The molecule has 0 bridgehead atoms. The number of carboxylic acids is 4. The van der Waals surface area contributed by atoms with Gasteiger partial charge in [-0.1, -0.05) is 0 Å². The fourth-order valence-electron chi connectivity index (χ4n) is 0.428. The van der Waals surface area contributed by atoms with Crippen molar-refractivity contribution in [1.82, 2.24) is 0 Å². The molecular formula is C8H12O8Ti. The van der Waals surface area contributed by atoms with Crippen molar-refractivity contribution in [1.29, 1.82) is 0 Å². The fraction of sp³-hybridized carbons (Fsp3) is 0.500. The van der Waals surface area contributed by atoms with E-state index in [1.807, 2.05) is 0 Å². The largest absolute Gasteiger partial charge is 0.481 e. The van der Waals surface area contributed by atoms with Crippen molar-refractivity contribution in [2.24, 2.45) is 0 Å². The Kier molecular flexibility index (Phi) is 15.6. The molecule has 96 valence electrons. The zero-order chi connectivity index (χ0) is 13.1. The van der Waals surface area contributed by atoms with Crippen molar-refractivity contribution in [2.45, 2.75) is 25.7 Å². The summed E-state index contributed by atoms with van der Waals surface area (Å²) in [5.74, 6) is -4.31. The van der Waals surface area contributed by atoms with Crippen molar-refractivity contribution in [2.75, 3.05) is 0 Å². The van der Waals surface area contributed by atoms with Gasteiger partial charge >= 0.3 is 23.9 Å². The van der Waals surface area contributed by atoms with Crippen LogP contribution in [0.1, 0.15) is 25.7 Å². The maximum atomic E-state index is 9.64. The van der Waals surface area contributed by atoms with E-state index in [-0.39, 0.29) is 47.4 Å². The van der Waals surface area contributed by atoms with E-state index >= 15 is 0 Å². The molecule has 0 saturated heterocycles. The standard InChI is InChI=1S/2C4H6O4.Ti/c2*5-3(6)1-2-4(7)8;/h2*1-2H2,(H,5,6)(H,7,8);. The zero-order valence-corrected chi connectivity index (χ0v) is 10.3. The molecule has 0 rings (SSSR count). The van der Waals surface area contributed by atoms with Crippen LogP contribution in [0.5, 0.6) is 0 Å². The molecule has 0 aliphatic carbocycles. The van der Waals surface area contributed by atoms with Crippen molar-refractivity contribution >= 4 is 23.9 Å². The molecule has 0 atom stereocenters. The Balaban J connectivity index is -0.000000218. The van der Waals surface area contributed by atoms with E-state index in [9.17, 15) is 19.2 Å². The quantitative estimate of drug-likeness (QED) is 0.492. The monoisotopic (exact) mass is 284 g/mol. The Labute approximate surface area is 111 Å². The maximum Gasteiger partial charge on any atom is 0.303 e. The molecule has 0 aliphatic rings. The summed E-state index contributed by atoms with van der Waals surface area (Å²) in [6.07, 6.45) is -1.19. The number of hydrogen-bond donors (Lipinski definition) is 4. The first-order chi connectivity index (χ1) is 7.25. The summed E-state index contributed by atoms with van der Waals surface area (Å²) in [4.78, 5) is 38.6. The second-order valence-corrected chi connectivity index (χ2v) is 2.57. The molecular weight excluding hydrogens is 272 g/mol. The average molecular weight is 284 g/mol. The summed E-state index contributed by atoms with van der Waals surface area (Å²) in [6.45, 7) is 0. The van der Waals surface area contributed by atoms with Crippen molar-refractivity contribution < 1.29 is 61.3 Å². The van der Waals surface area contributed by atoms with Crippen LogP contribution in [0.15, 0.2) is 0 Å². The van der Waals surface area contributed by atoms with Gasteiger partial charge in [-0.05, 0) is 0 Å². The van der Waals surface area contributed by atoms with Gasteiger partial charge in [0.1, 0.15) is 0 Å². The molecule has 0 aromatic rings. The van der Waals surface area contributed by atoms with E-state index in [0.717, 1.165) is 0 Å². The fourth-order valence-corrected chi connectivity index (χ4v) is 0.428. The third kappa shape index (κ3) is 31.3. The molecule has 0 aromatic carbocycles. The molecule has 0 aliphatic heterocycles. The smallest absolute Gasteiger partial charge is 0.303 e. The molecule has 8 nitrogen and oxygen atoms in total. The summed E-state index contributed by atoms with van der Waals surface area (Å²) >= 11 is 0. The first-order valence-corrected chi connectivity index (χ1v) is 4.13. The first kappa shape index (κ1) is 20.9. The minimum atomic E-state index is -1.08. The number of rotatable bonds is 6. The molecule has 17 heavy (non-hydrogen) atoms. The van der Waals surface area contributed by atoms with Crippen LogP contribution in [0.25, 0.3) is 0 Å². The third-order valence-corrected chi connectivity index (χ3v) is 1.11. The van der Waals surface area contributed by atoms with Gasteiger partial charge in [0.15, 0.2) is 0 Å². The van der Waals surface area contributed by atoms with Gasteiger partial charge in [0.05, 0.1) is 25.7 Å². The van der Waals surface area contributed by atoms with E-state index in [0.29, 0.717) is 0 Å². The molecule has 0 heterocycles. The minimum Gasteiger partial charge on any atom is -0.481 e. The summed E-state index contributed by atoms with van der Waals surface area (Å²) in [6, 6.07) is 0. The van der Waals surface area contributed by atoms with E-state index in [4.69, 9.17) is 20.4 Å². The zero-order valence-electron chi connectivity index (χ0n) is 8.75. The van der Waals surface area contributed by atoms with Gasteiger partial charge in [-0.25, -0.2) is 0 Å². The third-order valence-electron chi connectivity index (χ3n) is 1.11. The van der Waals surface area contributed by atoms with Crippen LogP contribution in [0.3, 0.4) is 0 Å². The van der Waals surface area contributed by atoms with Crippen molar-refractivity contribution in [3.05, 3.63) is 0 Å². The molecule has 0 amide bonds. The summed E-state index contributed by atoms with van der Waals surface area (Å²) < 4.78 is 0. The molecule has 4 N–H and O–H groups in total. The molecule has 0 aromatic heterocycles. The topological polar surface area (TPSA) is 149 Å². The van der Waals surface area contributed by atoms with Crippen LogP contribution in [-0.4, -0.2) is 44.3 Å². The Morgan fingerprint density at radius 1 is 0.529 bits per heavy atom. The van der Waals surface area contributed by atoms with Crippen molar-refractivity contribution in [3.63, 3.8) is 0 Å². The predicted octanol–water partition coefficient (Wildman–Crippen LogP) is -0.131. The van der Waals surface area contributed by atoms with E-state index in [2.05, 4.69) is 0 Å². The summed E-state index contributed by atoms with van der Waals surface area (Å²) in [7, 11) is 0. The second-order valence-electron chi connectivity index (χ2n) is 2.57. The van der Waals surface area contributed by atoms with Crippen LogP contribution < -0.4 is 0 Å². The molecule has 0 unspecified atom stereocenters. The summed E-state index contributed by atoms with van der Waals surface area (Å²) in [5, 5.41) is 31.6. The van der Waals surface area contributed by atoms with Crippen LogP contribution in [0.4, 0.5) is 0 Å². The SMILES string of the molecule is O=C(O)CCC(=O)O.O=C(O)CCC(=O)O.[Ti]. The van der Waals surface area contributed by atoms with Gasteiger partial charge in [0.2, 0.25) is 0 Å². The molecule has 0 radical (unpaired) electrons. The Bertz CT molecular complexity index is 219. The Morgan fingerprint density at radius 3 is 0.706 bits per heavy atom. The molecule has 0 fully saturated rings. The van der Waals surface area contributed by atoms with Gasteiger partial charge in [-0.3, -0.25) is 19.2 Å². The number of carbonyl (C=O) groups is 4. The molecule has 9 heteroatoms. The second kappa shape index (κ2) is 12.7. The van der Waals surface area contributed by atoms with Gasteiger partial charge in [0.25, 0.3) is 0 Å². The van der Waals surface area contributed by atoms with Gasteiger partial charge < -0.3 is 20.4 Å².